The molecule has 0 aliphatic heterocycles. The summed E-state index contributed by atoms with van der Waals surface area (Å²) in [6, 6.07) is 11.4. The Morgan fingerprint density at radius 2 is 1.75 bits per heavy atom. The molecule has 24 heavy (non-hydrogen) atoms. The third-order valence-corrected chi connectivity index (χ3v) is 3.68. The molecule has 5 nitrogen and oxygen atoms in total. The molecule has 0 saturated heterocycles. The van der Waals surface area contributed by atoms with Crippen molar-refractivity contribution in [3.05, 3.63) is 53.1 Å². The minimum absolute atomic E-state index is 0.0181. The van der Waals surface area contributed by atoms with E-state index in [2.05, 4.69) is 5.32 Å². The summed E-state index contributed by atoms with van der Waals surface area (Å²) in [7, 11) is 3.19. The first-order chi connectivity index (χ1) is 11.5. The van der Waals surface area contributed by atoms with Crippen molar-refractivity contribution in [2.24, 2.45) is 0 Å². The van der Waals surface area contributed by atoms with Crippen molar-refractivity contribution in [3.8, 4) is 17.2 Å². The van der Waals surface area contributed by atoms with E-state index in [9.17, 15) is 4.79 Å². The molecule has 1 amide bonds. The fourth-order valence-corrected chi connectivity index (χ4v) is 2.31. The standard InChI is InChI=1S/C19H23NO4/c1-13-6-5-7-16(8-13)24-12-19(21)20-11-15-10-18(23-4)17(22-3)9-14(15)2/h5-10H,11-12H2,1-4H3,(H,20,21). The molecule has 0 unspecified atom stereocenters. The van der Waals surface area contributed by atoms with Gasteiger partial charge in [-0.1, -0.05) is 12.1 Å². The predicted octanol–water partition coefficient (Wildman–Crippen LogP) is 3.02. The van der Waals surface area contributed by atoms with E-state index in [4.69, 9.17) is 14.2 Å². The monoisotopic (exact) mass is 329 g/mol. The fraction of sp³-hybridized carbons (Fsp3) is 0.316. The van der Waals surface area contributed by atoms with Crippen LogP contribution in [0.2, 0.25) is 0 Å². The SMILES string of the molecule is COc1cc(C)c(CNC(=O)COc2cccc(C)c2)cc1OC. The van der Waals surface area contributed by atoms with E-state index in [0.717, 1.165) is 16.7 Å². The summed E-state index contributed by atoms with van der Waals surface area (Å²) < 4.78 is 16.0. The van der Waals surface area contributed by atoms with Crippen LogP contribution in [0.3, 0.4) is 0 Å². The maximum atomic E-state index is 12.0. The number of hydrogen-bond acceptors (Lipinski definition) is 4. The van der Waals surface area contributed by atoms with Crippen LogP contribution in [0.4, 0.5) is 0 Å². The second-order valence-corrected chi connectivity index (χ2v) is 5.52. The van der Waals surface area contributed by atoms with Gasteiger partial charge >= 0.3 is 0 Å². The summed E-state index contributed by atoms with van der Waals surface area (Å²) in [6.45, 7) is 4.33. The molecule has 0 aromatic heterocycles. The lowest BCUT2D eigenvalue weighted by molar-refractivity contribution is -0.123. The van der Waals surface area contributed by atoms with Gasteiger partial charge in [-0.2, -0.15) is 0 Å². The van der Waals surface area contributed by atoms with E-state index in [1.165, 1.54) is 0 Å². The lowest BCUT2D eigenvalue weighted by Gasteiger charge is -2.13. The van der Waals surface area contributed by atoms with Gasteiger partial charge in [0.1, 0.15) is 5.75 Å². The highest BCUT2D eigenvalue weighted by molar-refractivity contribution is 5.77. The number of nitrogens with one attached hydrogen (secondary N) is 1. The quantitative estimate of drug-likeness (QED) is 0.848. The smallest absolute Gasteiger partial charge is 0.258 e. The molecule has 128 valence electrons. The Morgan fingerprint density at radius 3 is 2.42 bits per heavy atom. The Bertz CT molecular complexity index is 713. The number of methoxy groups -OCH3 is 2. The fourth-order valence-electron chi connectivity index (χ4n) is 2.31. The predicted molar refractivity (Wildman–Crippen MR) is 92.8 cm³/mol. The van der Waals surface area contributed by atoms with Gasteiger partial charge in [0.2, 0.25) is 0 Å². The molecule has 0 radical (unpaired) electrons. The normalized spacial score (nSPS) is 10.2. The largest absolute Gasteiger partial charge is 0.493 e. The van der Waals surface area contributed by atoms with Crippen LogP contribution in [-0.2, 0) is 11.3 Å². The van der Waals surface area contributed by atoms with Crippen LogP contribution in [0.15, 0.2) is 36.4 Å². The van der Waals surface area contributed by atoms with Gasteiger partial charge in [-0.3, -0.25) is 4.79 Å². The molecular weight excluding hydrogens is 306 g/mol. The van der Waals surface area contributed by atoms with Gasteiger partial charge in [-0.25, -0.2) is 0 Å². The zero-order chi connectivity index (χ0) is 17.5. The molecule has 0 atom stereocenters. The maximum Gasteiger partial charge on any atom is 0.258 e. The summed E-state index contributed by atoms with van der Waals surface area (Å²) in [5.74, 6) is 1.83. The third kappa shape index (κ3) is 4.65. The average molecular weight is 329 g/mol. The Hall–Kier alpha value is -2.69. The number of ether oxygens (including phenoxy) is 3. The van der Waals surface area contributed by atoms with E-state index >= 15 is 0 Å². The van der Waals surface area contributed by atoms with Crippen molar-refractivity contribution in [3.63, 3.8) is 0 Å². The molecule has 0 aliphatic rings. The van der Waals surface area contributed by atoms with E-state index in [-0.39, 0.29) is 12.5 Å². The number of carbonyl (C=O) groups is 1. The molecule has 2 aromatic carbocycles. The topological polar surface area (TPSA) is 56.8 Å². The van der Waals surface area contributed by atoms with Crippen molar-refractivity contribution >= 4 is 5.91 Å². The molecule has 0 heterocycles. The van der Waals surface area contributed by atoms with E-state index in [0.29, 0.717) is 23.8 Å². The van der Waals surface area contributed by atoms with Crippen molar-refractivity contribution in [2.75, 3.05) is 20.8 Å². The van der Waals surface area contributed by atoms with Gasteiger partial charge in [0.05, 0.1) is 14.2 Å². The Morgan fingerprint density at radius 1 is 1.04 bits per heavy atom. The number of rotatable bonds is 7. The molecule has 0 bridgehead atoms. The highest BCUT2D eigenvalue weighted by Crippen LogP contribution is 2.30. The number of aryl methyl sites for hydroxylation is 2. The molecular formula is C19H23NO4. The molecule has 0 aliphatic carbocycles. The van der Waals surface area contributed by atoms with Crippen LogP contribution < -0.4 is 19.5 Å². The first kappa shape index (κ1) is 17.7. The summed E-state index contributed by atoms with van der Waals surface area (Å²) >= 11 is 0. The van der Waals surface area contributed by atoms with E-state index in [1.54, 1.807) is 14.2 Å². The van der Waals surface area contributed by atoms with Gasteiger partial charge in [-0.05, 0) is 54.8 Å². The Balaban J connectivity index is 1.92. The number of carbonyl (C=O) groups excluding carboxylic acids is 1. The maximum absolute atomic E-state index is 12.0. The molecule has 2 rings (SSSR count). The third-order valence-electron chi connectivity index (χ3n) is 3.68. The van der Waals surface area contributed by atoms with Gasteiger partial charge in [0.15, 0.2) is 18.1 Å². The van der Waals surface area contributed by atoms with Crippen LogP contribution in [0.25, 0.3) is 0 Å². The first-order valence-corrected chi connectivity index (χ1v) is 7.71. The molecule has 0 spiro atoms. The van der Waals surface area contributed by atoms with Crippen molar-refractivity contribution < 1.29 is 19.0 Å². The molecule has 2 aromatic rings. The summed E-state index contributed by atoms with van der Waals surface area (Å²) in [4.78, 5) is 12.0. The molecule has 0 fully saturated rings. The van der Waals surface area contributed by atoms with Crippen LogP contribution in [-0.4, -0.2) is 26.7 Å². The van der Waals surface area contributed by atoms with Crippen molar-refractivity contribution in [2.45, 2.75) is 20.4 Å². The second kappa shape index (κ2) is 8.24. The minimum atomic E-state index is -0.175. The average Bonchev–Trinajstić information content (AvgIpc) is 2.58. The van der Waals surface area contributed by atoms with E-state index in [1.807, 2.05) is 50.2 Å². The highest BCUT2D eigenvalue weighted by Gasteiger charge is 2.10. The Kier molecular flexibility index (Phi) is 6.07. The lowest BCUT2D eigenvalue weighted by Crippen LogP contribution is -2.28. The molecule has 1 N–H and O–H groups in total. The zero-order valence-electron chi connectivity index (χ0n) is 14.5. The van der Waals surface area contributed by atoms with Crippen LogP contribution >= 0.6 is 0 Å². The summed E-state index contributed by atoms with van der Waals surface area (Å²) in [5.41, 5.74) is 3.08. The number of amides is 1. The van der Waals surface area contributed by atoms with Crippen LogP contribution in [0.5, 0.6) is 17.2 Å². The lowest BCUT2D eigenvalue weighted by atomic mass is 10.1. The van der Waals surface area contributed by atoms with Crippen molar-refractivity contribution in [1.29, 1.82) is 0 Å². The Labute approximate surface area is 142 Å². The minimum Gasteiger partial charge on any atom is -0.493 e. The summed E-state index contributed by atoms with van der Waals surface area (Å²) in [6.07, 6.45) is 0. The van der Waals surface area contributed by atoms with E-state index < -0.39 is 0 Å². The molecule has 5 heteroatoms. The first-order valence-electron chi connectivity index (χ1n) is 7.71. The highest BCUT2D eigenvalue weighted by atomic mass is 16.5. The van der Waals surface area contributed by atoms with Gasteiger partial charge < -0.3 is 19.5 Å². The van der Waals surface area contributed by atoms with Gasteiger partial charge in [0.25, 0.3) is 5.91 Å². The van der Waals surface area contributed by atoms with Crippen LogP contribution in [0, 0.1) is 13.8 Å². The number of benzene rings is 2. The van der Waals surface area contributed by atoms with Gasteiger partial charge in [-0.15, -0.1) is 0 Å². The van der Waals surface area contributed by atoms with Crippen LogP contribution in [0.1, 0.15) is 16.7 Å². The number of hydrogen-bond donors (Lipinski definition) is 1. The second-order valence-electron chi connectivity index (χ2n) is 5.52. The zero-order valence-corrected chi connectivity index (χ0v) is 14.5. The molecule has 0 saturated carbocycles. The van der Waals surface area contributed by atoms with Gasteiger partial charge in [0, 0.05) is 6.54 Å². The van der Waals surface area contributed by atoms with Crippen molar-refractivity contribution in [1.82, 2.24) is 5.32 Å². The summed E-state index contributed by atoms with van der Waals surface area (Å²) in [5, 5.41) is 2.85.